The highest BCUT2D eigenvalue weighted by molar-refractivity contribution is 7.19. The molecule has 6 heteroatoms. The van der Waals surface area contributed by atoms with E-state index in [2.05, 4.69) is 11.1 Å². The Kier molecular flexibility index (Phi) is 5.10. The van der Waals surface area contributed by atoms with Gasteiger partial charge in [-0.1, -0.05) is 53.5 Å². The molecular weight excluding hydrogens is 375 g/mol. The van der Waals surface area contributed by atoms with Gasteiger partial charge >= 0.3 is 0 Å². The number of aliphatic imine (C=N–C) groups is 1. The Morgan fingerprint density at radius 3 is 2.60 bits per heavy atom. The van der Waals surface area contributed by atoms with Gasteiger partial charge in [-0.2, -0.15) is 5.26 Å². The smallest absolute Gasteiger partial charge is 0.143 e. The molecule has 0 atom stereocenters. The fourth-order valence-electron chi connectivity index (χ4n) is 2.40. The molecule has 0 unspecified atom stereocenters. The molecule has 0 radical (unpaired) electrons. The van der Waals surface area contributed by atoms with Gasteiger partial charge in [0.15, 0.2) is 0 Å². The number of phenols is 1. The van der Waals surface area contributed by atoms with Gasteiger partial charge in [0.1, 0.15) is 16.8 Å². The van der Waals surface area contributed by atoms with Crippen LogP contribution in [0.15, 0.2) is 47.5 Å². The summed E-state index contributed by atoms with van der Waals surface area (Å²) < 4.78 is 0. The first-order valence-electron chi connectivity index (χ1n) is 7.32. The van der Waals surface area contributed by atoms with Crippen molar-refractivity contribution >= 4 is 45.8 Å². The van der Waals surface area contributed by atoms with Crippen molar-refractivity contribution < 1.29 is 5.11 Å². The van der Waals surface area contributed by atoms with Gasteiger partial charge in [-0.15, -0.1) is 11.3 Å². The van der Waals surface area contributed by atoms with Crippen LogP contribution in [-0.4, -0.2) is 11.3 Å². The lowest BCUT2D eigenvalue weighted by Crippen LogP contribution is -1.84. The van der Waals surface area contributed by atoms with Crippen LogP contribution in [0.4, 0.5) is 5.00 Å². The molecule has 124 valence electrons. The molecule has 3 nitrogen and oxygen atoms in total. The maximum absolute atomic E-state index is 10.0. The Bertz CT molecular complexity index is 1000. The SMILES string of the molecule is Cc1c(-c2ccccc2)sc(/N=C/c2cc(Cl)cc(Cl)c2O)c1C#N. The second kappa shape index (κ2) is 7.28. The average molecular weight is 387 g/mol. The standard InChI is InChI=1S/C19H12Cl2N2OS/c1-11-15(9-22)19(25-18(11)12-5-3-2-4-6-12)23-10-13-7-14(20)8-16(21)17(13)24/h2-8,10,24H,1H3/b23-10+. The third kappa shape index (κ3) is 3.54. The summed E-state index contributed by atoms with van der Waals surface area (Å²) in [6, 6.07) is 15.1. The topological polar surface area (TPSA) is 56.4 Å². The first-order chi connectivity index (χ1) is 12.0. The van der Waals surface area contributed by atoms with Crippen LogP contribution in [0.3, 0.4) is 0 Å². The van der Waals surface area contributed by atoms with Crippen molar-refractivity contribution in [3.05, 3.63) is 69.2 Å². The second-order valence-corrected chi connectivity index (χ2v) is 7.14. The van der Waals surface area contributed by atoms with E-state index in [1.807, 2.05) is 37.3 Å². The van der Waals surface area contributed by atoms with Crippen molar-refractivity contribution in [1.82, 2.24) is 0 Å². The van der Waals surface area contributed by atoms with Gasteiger partial charge in [0.05, 0.1) is 10.6 Å². The number of benzene rings is 2. The van der Waals surface area contributed by atoms with Crippen LogP contribution in [-0.2, 0) is 0 Å². The molecule has 0 aliphatic rings. The zero-order valence-electron chi connectivity index (χ0n) is 13.1. The predicted octanol–water partition coefficient (Wildman–Crippen LogP) is 6.36. The quantitative estimate of drug-likeness (QED) is 0.532. The van der Waals surface area contributed by atoms with E-state index in [9.17, 15) is 10.4 Å². The average Bonchev–Trinajstić information content (AvgIpc) is 2.93. The molecule has 0 amide bonds. The normalized spacial score (nSPS) is 11.0. The van der Waals surface area contributed by atoms with Crippen molar-refractivity contribution in [1.29, 1.82) is 5.26 Å². The van der Waals surface area contributed by atoms with E-state index in [-0.39, 0.29) is 10.8 Å². The van der Waals surface area contributed by atoms with Gasteiger partial charge in [0, 0.05) is 21.7 Å². The molecule has 3 rings (SSSR count). The monoisotopic (exact) mass is 386 g/mol. The molecule has 0 bridgehead atoms. The first kappa shape index (κ1) is 17.5. The number of nitrogens with zero attached hydrogens (tertiary/aromatic N) is 2. The number of rotatable bonds is 3. The third-order valence-corrected chi connectivity index (χ3v) is 5.41. The van der Waals surface area contributed by atoms with Crippen molar-refractivity contribution in [2.75, 3.05) is 0 Å². The lowest BCUT2D eigenvalue weighted by molar-refractivity contribution is 0.475. The molecule has 0 saturated heterocycles. The van der Waals surface area contributed by atoms with Crippen molar-refractivity contribution in [3.63, 3.8) is 0 Å². The highest BCUT2D eigenvalue weighted by Crippen LogP contribution is 2.41. The number of halogens is 2. The fourth-order valence-corrected chi connectivity index (χ4v) is 4.02. The molecule has 0 aliphatic heterocycles. The summed E-state index contributed by atoms with van der Waals surface area (Å²) >= 11 is 13.3. The summed E-state index contributed by atoms with van der Waals surface area (Å²) in [5, 5.41) is 20.6. The Hall–Kier alpha value is -2.32. The van der Waals surface area contributed by atoms with Crippen LogP contribution in [0.2, 0.25) is 10.0 Å². The molecule has 0 fully saturated rings. The van der Waals surface area contributed by atoms with Gasteiger partial charge < -0.3 is 5.11 Å². The number of hydrogen-bond acceptors (Lipinski definition) is 4. The van der Waals surface area contributed by atoms with Gasteiger partial charge in [-0.25, -0.2) is 4.99 Å². The molecule has 1 heterocycles. The van der Waals surface area contributed by atoms with Crippen LogP contribution >= 0.6 is 34.5 Å². The maximum Gasteiger partial charge on any atom is 0.143 e. The summed E-state index contributed by atoms with van der Waals surface area (Å²) in [6.07, 6.45) is 1.47. The summed E-state index contributed by atoms with van der Waals surface area (Å²) in [7, 11) is 0. The Balaban J connectivity index is 2.06. The number of nitriles is 1. The minimum Gasteiger partial charge on any atom is -0.506 e. The molecule has 2 aromatic carbocycles. The first-order valence-corrected chi connectivity index (χ1v) is 8.89. The van der Waals surface area contributed by atoms with Crippen molar-refractivity contribution in [2.45, 2.75) is 6.92 Å². The molecule has 0 spiro atoms. The maximum atomic E-state index is 10.0. The zero-order chi connectivity index (χ0) is 18.0. The molecular formula is C19H12Cl2N2OS. The Morgan fingerprint density at radius 2 is 1.92 bits per heavy atom. The van der Waals surface area contributed by atoms with Crippen LogP contribution in [0.25, 0.3) is 10.4 Å². The number of thiophene rings is 1. The highest BCUT2D eigenvalue weighted by Gasteiger charge is 2.15. The molecule has 0 aliphatic carbocycles. The van der Waals surface area contributed by atoms with Crippen LogP contribution in [0, 0.1) is 18.3 Å². The lowest BCUT2D eigenvalue weighted by Gasteiger charge is -2.01. The summed E-state index contributed by atoms with van der Waals surface area (Å²) in [5.41, 5.74) is 2.84. The summed E-state index contributed by atoms with van der Waals surface area (Å²) in [6.45, 7) is 1.91. The van der Waals surface area contributed by atoms with E-state index in [1.165, 1.54) is 23.6 Å². The summed E-state index contributed by atoms with van der Waals surface area (Å²) in [5.74, 6) is -0.0927. The Morgan fingerprint density at radius 1 is 1.20 bits per heavy atom. The fraction of sp³-hybridized carbons (Fsp3) is 0.0526. The van der Waals surface area contributed by atoms with Crippen molar-refractivity contribution in [2.24, 2.45) is 4.99 Å². The minimum absolute atomic E-state index is 0.0927. The van der Waals surface area contributed by atoms with E-state index in [0.29, 0.717) is 21.2 Å². The van der Waals surface area contributed by atoms with E-state index < -0.39 is 0 Å². The van der Waals surface area contributed by atoms with Crippen LogP contribution in [0.1, 0.15) is 16.7 Å². The Labute approximate surface area is 159 Å². The van der Waals surface area contributed by atoms with Crippen molar-refractivity contribution in [3.8, 4) is 22.3 Å². The molecule has 3 aromatic rings. The molecule has 25 heavy (non-hydrogen) atoms. The van der Waals surface area contributed by atoms with E-state index in [1.54, 1.807) is 6.07 Å². The molecule has 1 aromatic heterocycles. The summed E-state index contributed by atoms with van der Waals surface area (Å²) in [4.78, 5) is 5.39. The largest absolute Gasteiger partial charge is 0.506 e. The van der Waals surface area contributed by atoms with E-state index in [4.69, 9.17) is 23.2 Å². The minimum atomic E-state index is -0.0927. The van der Waals surface area contributed by atoms with E-state index >= 15 is 0 Å². The van der Waals surface area contributed by atoms with Gasteiger partial charge in [0.25, 0.3) is 0 Å². The van der Waals surface area contributed by atoms with Crippen LogP contribution in [0.5, 0.6) is 5.75 Å². The number of phenolic OH excluding ortho intramolecular Hbond substituents is 1. The van der Waals surface area contributed by atoms with Gasteiger partial charge in [-0.3, -0.25) is 0 Å². The predicted molar refractivity (Wildman–Crippen MR) is 105 cm³/mol. The van der Waals surface area contributed by atoms with Gasteiger partial charge in [-0.05, 0) is 30.2 Å². The second-order valence-electron chi connectivity index (χ2n) is 5.30. The zero-order valence-corrected chi connectivity index (χ0v) is 15.5. The van der Waals surface area contributed by atoms with Crippen LogP contribution < -0.4 is 0 Å². The molecule has 0 saturated carbocycles. The third-order valence-electron chi connectivity index (χ3n) is 3.65. The van der Waals surface area contributed by atoms with Gasteiger partial charge in [0.2, 0.25) is 0 Å². The lowest BCUT2D eigenvalue weighted by atomic mass is 10.1. The van der Waals surface area contributed by atoms with E-state index in [0.717, 1.165) is 16.0 Å². The number of aromatic hydroxyl groups is 1. The molecule has 1 N–H and O–H groups in total. The number of hydrogen-bond donors (Lipinski definition) is 1. The highest BCUT2D eigenvalue weighted by atomic mass is 35.5.